The standard InChI is InChI=1S/C7H9NO2/c1-2-6-4-3-5-8(6)7(9)10/h1,6H,3-5H2,(H,9,10)/t6-/m1/s1. The summed E-state index contributed by atoms with van der Waals surface area (Å²) in [6.45, 7) is 0.587. The molecule has 0 aromatic rings. The minimum Gasteiger partial charge on any atom is -0.465 e. The molecule has 1 atom stereocenters. The Morgan fingerprint density at radius 3 is 2.90 bits per heavy atom. The summed E-state index contributed by atoms with van der Waals surface area (Å²) in [5.74, 6) is 2.44. The van der Waals surface area contributed by atoms with Gasteiger partial charge in [0.1, 0.15) is 0 Å². The molecule has 1 amide bonds. The lowest BCUT2D eigenvalue weighted by atomic mass is 10.2. The normalized spacial score (nSPS) is 24.3. The van der Waals surface area contributed by atoms with Crippen molar-refractivity contribution < 1.29 is 9.90 Å². The van der Waals surface area contributed by atoms with Gasteiger partial charge in [-0.1, -0.05) is 5.92 Å². The van der Waals surface area contributed by atoms with Gasteiger partial charge >= 0.3 is 6.09 Å². The van der Waals surface area contributed by atoms with Crippen molar-refractivity contribution in [1.29, 1.82) is 0 Å². The SMILES string of the molecule is C#C[C@@H]1CCCN1C(=O)O. The zero-order chi connectivity index (χ0) is 7.56. The molecule has 0 bridgehead atoms. The summed E-state index contributed by atoms with van der Waals surface area (Å²) in [6.07, 6.45) is 5.90. The summed E-state index contributed by atoms with van der Waals surface area (Å²) in [7, 11) is 0. The molecule has 0 radical (unpaired) electrons. The molecule has 0 saturated carbocycles. The summed E-state index contributed by atoms with van der Waals surface area (Å²) < 4.78 is 0. The predicted molar refractivity (Wildman–Crippen MR) is 36.6 cm³/mol. The molecule has 1 aliphatic rings. The number of hydrogen-bond donors (Lipinski definition) is 1. The number of amides is 1. The molecule has 0 aliphatic carbocycles. The van der Waals surface area contributed by atoms with Crippen LogP contribution in [0, 0.1) is 12.3 Å². The zero-order valence-corrected chi connectivity index (χ0v) is 5.58. The second-order valence-corrected chi connectivity index (χ2v) is 2.30. The molecule has 0 aromatic carbocycles. The van der Waals surface area contributed by atoms with Crippen molar-refractivity contribution in [3.8, 4) is 12.3 Å². The Morgan fingerprint density at radius 2 is 2.50 bits per heavy atom. The maximum Gasteiger partial charge on any atom is 0.408 e. The van der Waals surface area contributed by atoms with Crippen LogP contribution in [0.4, 0.5) is 4.79 Å². The minimum atomic E-state index is -0.902. The van der Waals surface area contributed by atoms with Crippen LogP contribution in [0.25, 0.3) is 0 Å². The van der Waals surface area contributed by atoms with E-state index in [1.165, 1.54) is 4.90 Å². The first-order valence-electron chi connectivity index (χ1n) is 3.21. The van der Waals surface area contributed by atoms with Crippen molar-refractivity contribution >= 4 is 6.09 Å². The fourth-order valence-electron chi connectivity index (χ4n) is 1.17. The number of rotatable bonds is 0. The summed E-state index contributed by atoms with van der Waals surface area (Å²) in [4.78, 5) is 11.7. The maximum atomic E-state index is 10.4. The summed E-state index contributed by atoms with van der Waals surface area (Å²) in [5, 5.41) is 8.55. The third kappa shape index (κ3) is 1.06. The van der Waals surface area contributed by atoms with Crippen molar-refractivity contribution in [3.05, 3.63) is 0 Å². The third-order valence-corrected chi connectivity index (χ3v) is 1.69. The van der Waals surface area contributed by atoms with Gasteiger partial charge in [0.2, 0.25) is 0 Å². The van der Waals surface area contributed by atoms with Crippen LogP contribution in [-0.2, 0) is 0 Å². The van der Waals surface area contributed by atoms with E-state index >= 15 is 0 Å². The number of carbonyl (C=O) groups is 1. The second kappa shape index (κ2) is 2.61. The molecule has 1 heterocycles. The Balaban J connectivity index is 2.61. The maximum absolute atomic E-state index is 10.4. The van der Waals surface area contributed by atoms with Crippen molar-refractivity contribution in [2.75, 3.05) is 6.54 Å². The molecular weight excluding hydrogens is 130 g/mol. The second-order valence-electron chi connectivity index (χ2n) is 2.30. The number of terminal acetylenes is 1. The van der Waals surface area contributed by atoms with Crippen LogP contribution in [0.15, 0.2) is 0 Å². The van der Waals surface area contributed by atoms with E-state index in [2.05, 4.69) is 5.92 Å². The Kier molecular flexibility index (Phi) is 1.81. The largest absolute Gasteiger partial charge is 0.465 e. The fraction of sp³-hybridized carbons (Fsp3) is 0.571. The van der Waals surface area contributed by atoms with E-state index in [9.17, 15) is 4.79 Å². The van der Waals surface area contributed by atoms with Crippen molar-refractivity contribution in [2.45, 2.75) is 18.9 Å². The summed E-state index contributed by atoms with van der Waals surface area (Å²) in [5.41, 5.74) is 0. The molecule has 1 fully saturated rings. The summed E-state index contributed by atoms with van der Waals surface area (Å²) >= 11 is 0. The van der Waals surface area contributed by atoms with E-state index in [4.69, 9.17) is 11.5 Å². The van der Waals surface area contributed by atoms with Gasteiger partial charge in [-0.05, 0) is 12.8 Å². The van der Waals surface area contributed by atoms with E-state index in [1.807, 2.05) is 0 Å². The Morgan fingerprint density at radius 1 is 1.80 bits per heavy atom. The molecule has 1 aliphatic heterocycles. The smallest absolute Gasteiger partial charge is 0.408 e. The van der Waals surface area contributed by atoms with Gasteiger partial charge in [-0.2, -0.15) is 0 Å². The first-order chi connectivity index (χ1) is 4.75. The molecule has 1 N–H and O–H groups in total. The van der Waals surface area contributed by atoms with Crippen LogP contribution in [0.2, 0.25) is 0 Å². The molecule has 10 heavy (non-hydrogen) atoms. The van der Waals surface area contributed by atoms with Crippen molar-refractivity contribution in [2.24, 2.45) is 0 Å². The van der Waals surface area contributed by atoms with Crippen LogP contribution in [-0.4, -0.2) is 28.7 Å². The van der Waals surface area contributed by atoms with Gasteiger partial charge in [-0.3, -0.25) is 4.90 Å². The van der Waals surface area contributed by atoms with Gasteiger partial charge in [0.15, 0.2) is 0 Å². The Bertz CT molecular complexity index is 183. The number of nitrogens with zero attached hydrogens (tertiary/aromatic N) is 1. The molecule has 1 saturated heterocycles. The predicted octanol–water partition coefficient (Wildman–Crippen LogP) is 0.762. The number of hydrogen-bond acceptors (Lipinski definition) is 1. The quantitative estimate of drug-likeness (QED) is 0.503. The van der Waals surface area contributed by atoms with Gasteiger partial charge < -0.3 is 5.11 Å². The van der Waals surface area contributed by atoms with Crippen LogP contribution >= 0.6 is 0 Å². The lowest BCUT2D eigenvalue weighted by Crippen LogP contribution is -2.32. The third-order valence-electron chi connectivity index (χ3n) is 1.69. The highest BCUT2D eigenvalue weighted by Crippen LogP contribution is 2.15. The molecule has 3 heteroatoms. The molecule has 0 aromatic heterocycles. The fourth-order valence-corrected chi connectivity index (χ4v) is 1.17. The van der Waals surface area contributed by atoms with E-state index in [0.29, 0.717) is 6.54 Å². The average molecular weight is 139 g/mol. The number of carboxylic acid groups (broad SMARTS) is 1. The Hall–Kier alpha value is -1.17. The van der Waals surface area contributed by atoms with Crippen LogP contribution in [0.5, 0.6) is 0 Å². The van der Waals surface area contributed by atoms with E-state index < -0.39 is 6.09 Å². The molecule has 3 nitrogen and oxygen atoms in total. The lowest BCUT2D eigenvalue weighted by Gasteiger charge is -2.15. The van der Waals surface area contributed by atoms with Crippen LogP contribution in [0.1, 0.15) is 12.8 Å². The van der Waals surface area contributed by atoms with Crippen LogP contribution < -0.4 is 0 Å². The van der Waals surface area contributed by atoms with Crippen molar-refractivity contribution in [3.63, 3.8) is 0 Å². The van der Waals surface area contributed by atoms with Gasteiger partial charge in [0, 0.05) is 6.54 Å². The highest BCUT2D eigenvalue weighted by Gasteiger charge is 2.26. The number of likely N-dealkylation sites (tertiary alicyclic amines) is 1. The van der Waals surface area contributed by atoms with E-state index in [1.54, 1.807) is 0 Å². The van der Waals surface area contributed by atoms with Gasteiger partial charge in [0.05, 0.1) is 6.04 Å². The summed E-state index contributed by atoms with van der Waals surface area (Å²) in [6, 6.07) is -0.183. The molecule has 0 spiro atoms. The highest BCUT2D eigenvalue weighted by molar-refractivity contribution is 5.66. The van der Waals surface area contributed by atoms with Crippen molar-refractivity contribution in [1.82, 2.24) is 4.90 Å². The molecule has 0 unspecified atom stereocenters. The van der Waals surface area contributed by atoms with Crippen LogP contribution in [0.3, 0.4) is 0 Å². The zero-order valence-electron chi connectivity index (χ0n) is 5.58. The average Bonchev–Trinajstić information content (AvgIpc) is 2.33. The van der Waals surface area contributed by atoms with E-state index in [-0.39, 0.29) is 6.04 Å². The van der Waals surface area contributed by atoms with E-state index in [0.717, 1.165) is 12.8 Å². The van der Waals surface area contributed by atoms with Gasteiger partial charge in [0.25, 0.3) is 0 Å². The first kappa shape index (κ1) is 6.94. The Labute approximate surface area is 59.6 Å². The monoisotopic (exact) mass is 139 g/mol. The lowest BCUT2D eigenvalue weighted by molar-refractivity contribution is 0.148. The molecule has 54 valence electrons. The molecule has 1 rings (SSSR count). The van der Waals surface area contributed by atoms with Gasteiger partial charge in [-0.15, -0.1) is 6.42 Å². The minimum absolute atomic E-state index is 0.183. The van der Waals surface area contributed by atoms with Gasteiger partial charge in [-0.25, -0.2) is 4.79 Å². The highest BCUT2D eigenvalue weighted by atomic mass is 16.4. The first-order valence-corrected chi connectivity index (χ1v) is 3.21. The topological polar surface area (TPSA) is 40.5 Å². The molecular formula is C7H9NO2.